The Balaban J connectivity index is 2.00. The molecular weight excluding hydrogens is 358 g/mol. The Labute approximate surface area is 152 Å². The Hall–Kier alpha value is -2.29. The summed E-state index contributed by atoms with van der Waals surface area (Å²) in [6, 6.07) is 9.18. The Morgan fingerprint density at radius 1 is 1.00 bits per heavy atom. The van der Waals surface area contributed by atoms with Crippen molar-refractivity contribution in [3.8, 4) is 17.2 Å². The molecule has 1 aliphatic rings. The van der Waals surface area contributed by atoms with Gasteiger partial charge in [-0.1, -0.05) is 24.3 Å². The normalized spacial score (nSPS) is 20.9. The highest BCUT2D eigenvalue weighted by atomic mass is 32.2. The molecule has 26 heavy (non-hydrogen) atoms. The molecule has 0 fully saturated rings. The van der Waals surface area contributed by atoms with Crippen LogP contribution in [-0.2, 0) is 16.4 Å². The second kappa shape index (κ2) is 7.14. The maximum atomic E-state index is 12.5. The number of methoxy groups -OCH3 is 3. The summed E-state index contributed by atoms with van der Waals surface area (Å²) in [5.74, 6) is 1.36. The highest BCUT2D eigenvalue weighted by molar-refractivity contribution is 7.89. The lowest BCUT2D eigenvalue weighted by atomic mass is 9.95. The van der Waals surface area contributed by atoms with Gasteiger partial charge in [-0.15, -0.1) is 0 Å². The molecule has 0 spiro atoms. The van der Waals surface area contributed by atoms with Gasteiger partial charge in [-0.05, 0) is 24.1 Å². The molecule has 0 saturated carbocycles. The third kappa shape index (κ3) is 3.11. The maximum absolute atomic E-state index is 12.5. The van der Waals surface area contributed by atoms with E-state index in [4.69, 9.17) is 14.2 Å². The van der Waals surface area contributed by atoms with E-state index in [-0.39, 0.29) is 11.3 Å². The van der Waals surface area contributed by atoms with Crippen molar-refractivity contribution >= 4 is 10.0 Å². The minimum Gasteiger partial charge on any atom is -0.493 e. The Morgan fingerprint density at radius 2 is 1.69 bits per heavy atom. The SMILES string of the molecule is COc1ccc(C[C@@H]2NS(=O)(=O)c3ccccc3[C@H]2O)c(OC)c1OC. The van der Waals surface area contributed by atoms with Gasteiger partial charge in [-0.3, -0.25) is 0 Å². The molecule has 0 aromatic heterocycles. The standard InChI is InChI=1S/C18H21NO6S/c1-23-14-9-8-11(17(24-2)18(14)25-3)10-13-16(20)12-6-4-5-7-15(12)26(21,22)19-13/h4-9,13,16,19-20H,10H2,1-3H3/t13-,16+/m0/s1. The molecule has 0 amide bonds. The summed E-state index contributed by atoms with van der Waals surface area (Å²) < 4.78 is 43.6. The van der Waals surface area contributed by atoms with Crippen LogP contribution in [0.15, 0.2) is 41.3 Å². The number of benzene rings is 2. The van der Waals surface area contributed by atoms with Crippen LogP contribution >= 0.6 is 0 Å². The number of hydrogen-bond donors (Lipinski definition) is 2. The van der Waals surface area contributed by atoms with Crippen LogP contribution in [0, 0.1) is 0 Å². The lowest BCUT2D eigenvalue weighted by Gasteiger charge is -2.31. The van der Waals surface area contributed by atoms with Gasteiger partial charge in [0.15, 0.2) is 11.5 Å². The minimum absolute atomic E-state index is 0.100. The number of aliphatic hydroxyl groups excluding tert-OH is 1. The number of nitrogens with one attached hydrogen (secondary N) is 1. The molecule has 0 bridgehead atoms. The molecule has 0 unspecified atom stereocenters. The number of fused-ring (bicyclic) bond motifs is 1. The topological polar surface area (TPSA) is 94.1 Å². The fourth-order valence-electron chi connectivity index (χ4n) is 3.23. The zero-order valence-electron chi connectivity index (χ0n) is 14.7. The number of hydrogen-bond acceptors (Lipinski definition) is 6. The zero-order chi connectivity index (χ0) is 18.9. The van der Waals surface area contributed by atoms with Crippen LogP contribution in [0.3, 0.4) is 0 Å². The lowest BCUT2D eigenvalue weighted by Crippen LogP contribution is -2.45. The molecule has 2 aromatic carbocycles. The van der Waals surface area contributed by atoms with E-state index in [2.05, 4.69) is 4.72 Å². The van der Waals surface area contributed by atoms with Crippen molar-refractivity contribution in [1.29, 1.82) is 0 Å². The quantitative estimate of drug-likeness (QED) is 0.820. The summed E-state index contributed by atoms with van der Waals surface area (Å²) in [5, 5.41) is 10.7. The summed E-state index contributed by atoms with van der Waals surface area (Å²) in [6.07, 6.45) is -0.759. The lowest BCUT2D eigenvalue weighted by molar-refractivity contribution is 0.131. The molecule has 1 aliphatic heterocycles. The minimum atomic E-state index is -3.70. The maximum Gasteiger partial charge on any atom is 0.241 e. The van der Waals surface area contributed by atoms with Gasteiger partial charge in [0.05, 0.1) is 38.4 Å². The summed E-state index contributed by atoms with van der Waals surface area (Å²) in [4.78, 5) is 0.100. The largest absolute Gasteiger partial charge is 0.493 e. The van der Waals surface area contributed by atoms with E-state index in [1.807, 2.05) is 0 Å². The highest BCUT2D eigenvalue weighted by Gasteiger charge is 2.36. The molecule has 0 aliphatic carbocycles. The zero-order valence-corrected chi connectivity index (χ0v) is 15.5. The summed E-state index contributed by atoms with van der Waals surface area (Å²) in [5.41, 5.74) is 1.08. The first-order chi connectivity index (χ1) is 12.4. The number of ether oxygens (including phenoxy) is 3. The second-order valence-corrected chi connectivity index (χ2v) is 7.59. The van der Waals surface area contributed by atoms with Crippen molar-refractivity contribution in [2.24, 2.45) is 0 Å². The molecule has 8 heteroatoms. The van der Waals surface area contributed by atoms with Gasteiger partial charge in [0, 0.05) is 5.56 Å². The predicted molar refractivity (Wildman–Crippen MR) is 95.3 cm³/mol. The third-order valence-electron chi connectivity index (χ3n) is 4.44. The van der Waals surface area contributed by atoms with Gasteiger partial charge >= 0.3 is 0 Å². The molecule has 2 aromatic rings. The molecule has 3 rings (SSSR count). The van der Waals surface area contributed by atoms with E-state index >= 15 is 0 Å². The molecule has 0 saturated heterocycles. The van der Waals surface area contributed by atoms with Crippen LogP contribution in [0.5, 0.6) is 17.2 Å². The van der Waals surface area contributed by atoms with E-state index in [1.165, 1.54) is 27.4 Å². The van der Waals surface area contributed by atoms with Crippen LogP contribution < -0.4 is 18.9 Å². The molecule has 140 valence electrons. The van der Waals surface area contributed by atoms with Crippen LogP contribution in [0.2, 0.25) is 0 Å². The second-order valence-electron chi connectivity index (χ2n) is 5.91. The molecule has 2 N–H and O–H groups in total. The van der Waals surface area contributed by atoms with E-state index in [0.29, 0.717) is 28.4 Å². The summed E-state index contributed by atoms with van der Waals surface area (Å²) in [7, 11) is 0.818. The molecular formula is C18H21NO6S. The fraction of sp³-hybridized carbons (Fsp3) is 0.333. The Morgan fingerprint density at radius 3 is 2.35 bits per heavy atom. The van der Waals surface area contributed by atoms with Crippen molar-refractivity contribution in [3.05, 3.63) is 47.5 Å². The van der Waals surface area contributed by atoms with Gasteiger partial charge in [0.25, 0.3) is 0 Å². The van der Waals surface area contributed by atoms with Gasteiger partial charge in [-0.2, -0.15) is 0 Å². The Kier molecular flexibility index (Phi) is 5.08. The van der Waals surface area contributed by atoms with Crippen molar-refractivity contribution < 1.29 is 27.7 Å². The van der Waals surface area contributed by atoms with Crippen LogP contribution in [0.1, 0.15) is 17.2 Å². The predicted octanol–water partition coefficient (Wildman–Crippen LogP) is 1.65. The van der Waals surface area contributed by atoms with Crippen molar-refractivity contribution in [1.82, 2.24) is 4.72 Å². The van der Waals surface area contributed by atoms with Crippen molar-refractivity contribution in [2.75, 3.05) is 21.3 Å². The van der Waals surface area contributed by atoms with Crippen molar-refractivity contribution in [2.45, 2.75) is 23.5 Å². The van der Waals surface area contributed by atoms with E-state index in [1.54, 1.807) is 30.3 Å². The van der Waals surface area contributed by atoms with Gasteiger partial charge in [-0.25, -0.2) is 13.1 Å². The van der Waals surface area contributed by atoms with Gasteiger partial charge in [0.2, 0.25) is 15.8 Å². The molecule has 7 nitrogen and oxygen atoms in total. The third-order valence-corrected chi connectivity index (χ3v) is 6.00. The Bertz CT molecular complexity index is 912. The average Bonchev–Trinajstić information content (AvgIpc) is 2.65. The number of aliphatic hydroxyl groups is 1. The first-order valence-electron chi connectivity index (χ1n) is 8.00. The average molecular weight is 379 g/mol. The van der Waals surface area contributed by atoms with Crippen molar-refractivity contribution in [3.63, 3.8) is 0 Å². The number of sulfonamides is 1. The first kappa shape index (κ1) is 18.5. The number of rotatable bonds is 5. The molecule has 0 radical (unpaired) electrons. The monoisotopic (exact) mass is 379 g/mol. The fourth-order valence-corrected chi connectivity index (χ4v) is 4.72. The summed E-state index contributed by atoms with van der Waals surface area (Å²) >= 11 is 0. The van der Waals surface area contributed by atoms with E-state index < -0.39 is 22.2 Å². The smallest absolute Gasteiger partial charge is 0.241 e. The van der Waals surface area contributed by atoms with E-state index in [9.17, 15) is 13.5 Å². The summed E-state index contributed by atoms with van der Waals surface area (Å²) in [6.45, 7) is 0. The van der Waals surface area contributed by atoms with Crippen LogP contribution in [0.4, 0.5) is 0 Å². The first-order valence-corrected chi connectivity index (χ1v) is 9.48. The van der Waals surface area contributed by atoms with Crippen LogP contribution in [0.25, 0.3) is 0 Å². The van der Waals surface area contributed by atoms with Gasteiger partial charge in [0.1, 0.15) is 0 Å². The van der Waals surface area contributed by atoms with E-state index in [0.717, 1.165) is 0 Å². The van der Waals surface area contributed by atoms with Gasteiger partial charge < -0.3 is 19.3 Å². The highest BCUT2D eigenvalue weighted by Crippen LogP contribution is 2.41. The molecule has 1 heterocycles. The molecule has 2 atom stereocenters. The van der Waals surface area contributed by atoms with Crippen LogP contribution in [-0.4, -0.2) is 40.9 Å².